The first-order chi connectivity index (χ1) is 6.45. The van der Waals surface area contributed by atoms with Crippen LogP contribution in [0.1, 0.15) is 5.56 Å². The molecule has 0 aliphatic carbocycles. The fourth-order valence-electron chi connectivity index (χ4n) is 0.987. The van der Waals surface area contributed by atoms with Crippen LogP contribution in [0.3, 0.4) is 0 Å². The van der Waals surface area contributed by atoms with Crippen molar-refractivity contribution < 1.29 is 4.68 Å². The third-order valence-electron chi connectivity index (χ3n) is 1.62. The van der Waals surface area contributed by atoms with Crippen LogP contribution in [-0.4, -0.2) is 15.5 Å². The summed E-state index contributed by atoms with van der Waals surface area (Å²) in [6, 6.07) is 10.0. The highest BCUT2D eigenvalue weighted by atomic mass is 15.5. The summed E-state index contributed by atoms with van der Waals surface area (Å²) in [5.41, 5.74) is 1.14. The molecule has 1 heterocycles. The lowest BCUT2D eigenvalue weighted by Crippen LogP contribution is -2.26. The van der Waals surface area contributed by atoms with Gasteiger partial charge in [-0.15, -0.1) is 4.68 Å². The van der Waals surface area contributed by atoms with Crippen molar-refractivity contribution in [1.29, 1.82) is 0 Å². The molecule has 0 radical (unpaired) electrons. The highest BCUT2D eigenvalue weighted by molar-refractivity contribution is 5.56. The second-order valence-corrected chi connectivity index (χ2v) is 2.56. The van der Waals surface area contributed by atoms with E-state index < -0.39 is 0 Å². The largest absolute Gasteiger partial charge is 0.292 e. The van der Waals surface area contributed by atoms with Gasteiger partial charge in [0.15, 0.2) is 5.21 Å². The van der Waals surface area contributed by atoms with E-state index in [0.29, 0.717) is 0 Å². The first kappa shape index (κ1) is 7.67. The number of benzene rings is 1. The topological polar surface area (TPSA) is 45.5 Å². The summed E-state index contributed by atoms with van der Waals surface area (Å²) in [5, 5.41) is 9.89. The molecule has 4 heteroatoms. The molecule has 1 N–H and O–H groups in total. The number of nitrogens with one attached hydrogen (secondary N) is 1. The quantitative estimate of drug-likeness (QED) is 0.680. The van der Waals surface area contributed by atoms with Gasteiger partial charge in [0, 0.05) is 0 Å². The zero-order chi connectivity index (χ0) is 8.93. The molecule has 0 spiro atoms. The maximum absolute atomic E-state index is 3.64. The number of H-pyrrole nitrogens is 1. The normalized spacial score (nSPS) is 10.8. The van der Waals surface area contributed by atoms with Crippen LogP contribution in [0.2, 0.25) is 0 Å². The van der Waals surface area contributed by atoms with Crippen LogP contribution in [-0.2, 0) is 0 Å². The van der Waals surface area contributed by atoms with Crippen LogP contribution in [0.4, 0.5) is 0 Å². The summed E-state index contributed by atoms with van der Waals surface area (Å²) >= 11 is 0. The third-order valence-corrected chi connectivity index (χ3v) is 1.62. The van der Waals surface area contributed by atoms with Crippen LogP contribution < -0.4 is 4.68 Å². The van der Waals surface area contributed by atoms with Gasteiger partial charge >= 0.3 is 0 Å². The van der Waals surface area contributed by atoms with Gasteiger partial charge in [0.25, 0.3) is 6.33 Å². The molecule has 0 aliphatic heterocycles. The molecule has 1 aromatic carbocycles. The Hall–Kier alpha value is -1.97. The summed E-state index contributed by atoms with van der Waals surface area (Å²) in [7, 11) is 0. The van der Waals surface area contributed by atoms with Crippen LogP contribution in [0.15, 0.2) is 36.7 Å². The Kier molecular flexibility index (Phi) is 2.14. The number of rotatable bonds is 2. The molecule has 1 aromatic heterocycles. The van der Waals surface area contributed by atoms with Gasteiger partial charge < -0.3 is 0 Å². The number of tetrazole rings is 1. The highest BCUT2D eigenvalue weighted by Crippen LogP contribution is 1.99. The maximum Gasteiger partial charge on any atom is 0.292 e. The fraction of sp³-hybridized carbons (Fsp3) is 0. The first-order valence-electron chi connectivity index (χ1n) is 3.95. The van der Waals surface area contributed by atoms with E-state index in [9.17, 15) is 0 Å². The maximum atomic E-state index is 3.64. The van der Waals surface area contributed by atoms with E-state index in [4.69, 9.17) is 0 Å². The van der Waals surface area contributed by atoms with E-state index in [2.05, 4.69) is 15.5 Å². The summed E-state index contributed by atoms with van der Waals surface area (Å²) in [4.78, 5) is 0. The van der Waals surface area contributed by atoms with Crippen LogP contribution in [0.5, 0.6) is 0 Å². The van der Waals surface area contributed by atoms with E-state index >= 15 is 0 Å². The Morgan fingerprint density at radius 3 is 2.77 bits per heavy atom. The summed E-state index contributed by atoms with van der Waals surface area (Å²) in [5.74, 6) is 0. The van der Waals surface area contributed by atoms with Crippen molar-refractivity contribution in [3.05, 3.63) is 42.2 Å². The predicted octanol–water partition coefficient (Wildman–Crippen LogP) is 0.720. The molecule has 0 aliphatic rings. The number of hydrogen-bond donors (Lipinski definition) is 1. The number of nitrogens with zero attached hydrogens (tertiary/aromatic N) is 3. The molecular weight excluding hydrogens is 164 g/mol. The lowest BCUT2D eigenvalue weighted by atomic mass is 10.2. The van der Waals surface area contributed by atoms with Gasteiger partial charge in [-0.05, 0) is 11.6 Å². The van der Waals surface area contributed by atoms with Gasteiger partial charge in [-0.2, -0.15) is 0 Å². The van der Waals surface area contributed by atoms with Crippen molar-refractivity contribution in [2.24, 2.45) is 0 Å². The van der Waals surface area contributed by atoms with Crippen LogP contribution in [0, 0.1) is 0 Å². The molecule has 13 heavy (non-hydrogen) atoms. The molecule has 2 aromatic rings. The van der Waals surface area contributed by atoms with Gasteiger partial charge in [0.1, 0.15) is 5.10 Å². The van der Waals surface area contributed by atoms with Crippen molar-refractivity contribution >= 4 is 12.3 Å². The molecule has 4 nitrogen and oxygen atoms in total. The number of aromatic nitrogens is 4. The zero-order valence-corrected chi connectivity index (χ0v) is 6.96. The molecule has 0 saturated heterocycles. The lowest BCUT2D eigenvalue weighted by Gasteiger charge is -1.88. The van der Waals surface area contributed by atoms with Gasteiger partial charge in [-0.3, -0.25) is 0 Å². The Bertz CT molecular complexity index is 377. The Balaban J connectivity index is 2.15. The van der Waals surface area contributed by atoms with Gasteiger partial charge in [-0.1, -0.05) is 35.5 Å². The average Bonchev–Trinajstić information content (AvgIpc) is 2.69. The van der Waals surface area contributed by atoms with E-state index in [-0.39, 0.29) is 0 Å². The summed E-state index contributed by atoms with van der Waals surface area (Å²) in [6.07, 6.45) is 5.43. The standard InChI is InChI=1S/C9H8N4/c1-2-4-9(5-3-1)6-7-13-8-10-11-12-13/h1-8H/p+1/b7-6+. The fourth-order valence-corrected chi connectivity index (χ4v) is 0.987. The van der Waals surface area contributed by atoms with Gasteiger partial charge in [0.2, 0.25) is 0 Å². The van der Waals surface area contributed by atoms with Crippen molar-refractivity contribution in [1.82, 2.24) is 15.5 Å². The predicted molar refractivity (Wildman–Crippen MR) is 48.2 cm³/mol. The number of hydrogen-bond acceptors (Lipinski definition) is 2. The lowest BCUT2D eigenvalue weighted by molar-refractivity contribution is -0.634. The molecule has 0 amide bonds. The molecule has 64 valence electrons. The van der Waals surface area contributed by atoms with E-state index in [1.54, 1.807) is 11.0 Å². The van der Waals surface area contributed by atoms with Crippen molar-refractivity contribution in [3.63, 3.8) is 0 Å². The second-order valence-electron chi connectivity index (χ2n) is 2.56. The third kappa shape index (κ3) is 1.99. The number of aromatic amines is 1. The van der Waals surface area contributed by atoms with Crippen molar-refractivity contribution in [2.75, 3.05) is 0 Å². The summed E-state index contributed by atoms with van der Waals surface area (Å²) < 4.78 is 1.67. The summed E-state index contributed by atoms with van der Waals surface area (Å²) in [6.45, 7) is 0. The molecule has 0 fully saturated rings. The van der Waals surface area contributed by atoms with Gasteiger partial charge in [-0.25, -0.2) is 0 Å². The minimum Gasteiger partial charge on any atom is -0.137 e. The molecule has 0 bridgehead atoms. The van der Waals surface area contributed by atoms with Crippen LogP contribution >= 0.6 is 0 Å². The SMILES string of the molecule is C(=C\[n+]1cnn[nH]1)/c1ccccc1. The van der Waals surface area contributed by atoms with E-state index in [1.807, 2.05) is 42.6 Å². The Morgan fingerprint density at radius 1 is 1.23 bits per heavy atom. The van der Waals surface area contributed by atoms with E-state index in [0.717, 1.165) is 5.56 Å². The highest BCUT2D eigenvalue weighted by Gasteiger charge is 1.91. The van der Waals surface area contributed by atoms with Crippen molar-refractivity contribution in [3.8, 4) is 0 Å². The van der Waals surface area contributed by atoms with Gasteiger partial charge in [0.05, 0.1) is 6.20 Å². The second kappa shape index (κ2) is 3.62. The minimum atomic E-state index is 1.14. The zero-order valence-electron chi connectivity index (χ0n) is 6.96. The Labute approximate surface area is 75.5 Å². The smallest absolute Gasteiger partial charge is 0.137 e. The van der Waals surface area contributed by atoms with Crippen molar-refractivity contribution in [2.45, 2.75) is 0 Å². The molecule has 2 rings (SSSR count). The van der Waals surface area contributed by atoms with Crippen LogP contribution in [0.25, 0.3) is 12.3 Å². The molecule has 0 atom stereocenters. The molecule has 0 saturated carbocycles. The monoisotopic (exact) mass is 173 g/mol. The molecular formula is C9H9N4+. The van der Waals surface area contributed by atoms with E-state index in [1.165, 1.54) is 0 Å². The average molecular weight is 173 g/mol. The molecule has 0 unspecified atom stereocenters. The minimum absolute atomic E-state index is 1.14. The Morgan fingerprint density at radius 2 is 2.08 bits per heavy atom. The first-order valence-corrected chi connectivity index (χ1v) is 3.95.